The number of halogens is 1. The van der Waals surface area contributed by atoms with Gasteiger partial charge in [0.2, 0.25) is 0 Å². The van der Waals surface area contributed by atoms with Crippen molar-refractivity contribution in [3.8, 4) is 22.8 Å². The molecule has 3 heterocycles. The zero-order valence-electron chi connectivity index (χ0n) is 13.2. The van der Waals surface area contributed by atoms with Gasteiger partial charge in [-0.15, -0.1) is 0 Å². The third-order valence-electron chi connectivity index (χ3n) is 3.81. The second-order valence-corrected chi connectivity index (χ2v) is 5.47. The normalized spacial score (nSPS) is 10.8. The van der Waals surface area contributed by atoms with E-state index < -0.39 is 0 Å². The largest absolute Gasteiger partial charge is 0.261 e. The summed E-state index contributed by atoms with van der Waals surface area (Å²) in [5, 5.41) is 4.61. The van der Waals surface area contributed by atoms with E-state index in [1.165, 1.54) is 6.07 Å². The summed E-state index contributed by atoms with van der Waals surface area (Å²) >= 11 is 0. The second-order valence-electron chi connectivity index (χ2n) is 5.47. The fourth-order valence-corrected chi connectivity index (χ4v) is 2.60. The fourth-order valence-electron chi connectivity index (χ4n) is 2.60. The van der Waals surface area contributed by atoms with Crippen molar-refractivity contribution in [1.29, 1.82) is 0 Å². The van der Waals surface area contributed by atoms with E-state index in [2.05, 4.69) is 20.1 Å². The standard InChI is InChI=1S/C19H14FN5/c20-15-6-2-1-5-14(15)13-25-19(18-12-21-9-10-23-18)11-17(24-25)16-7-3-4-8-22-16/h1-12H,13H2. The van der Waals surface area contributed by atoms with E-state index in [-0.39, 0.29) is 5.82 Å². The number of rotatable bonds is 4. The topological polar surface area (TPSA) is 56.5 Å². The average molecular weight is 331 g/mol. The minimum absolute atomic E-state index is 0.262. The van der Waals surface area contributed by atoms with Gasteiger partial charge in [0, 0.05) is 24.2 Å². The third kappa shape index (κ3) is 3.14. The zero-order valence-corrected chi connectivity index (χ0v) is 13.2. The van der Waals surface area contributed by atoms with Crippen LogP contribution in [0.4, 0.5) is 4.39 Å². The van der Waals surface area contributed by atoms with E-state index in [1.54, 1.807) is 41.6 Å². The third-order valence-corrected chi connectivity index (χ3v) is 3.81. The number of hydrogen-bond acceptors (Lipinski definition) is 4. The van der Waals surface area contributed by atoms with Crippen LogP contribution in [0.1, 0.15) is 5.56 Å². The molecule has 0 saturated carbocycles. The van der Waals surface area contributed by atoms with Crippen molar-refractivity contribution >= 4 is 0 Å². The van der Waals surface area contributed by atoms with E-state index in [0.29, 0.717) is 23.5 Å². The molecule has 0 radical (unpaired) electrons. The SMILES string of the molecule is Fc1ccccc1Cn1nc(-c2ccccn2)cc1-c1cnccn1. The van der Waals surface area contributed by atoms with Crippen molar-refractivity contribution in [1.82, 2.24) is 24.7 Å². The number of nitrogens with zero attached hydrogens (tertiary/aromatic N) is 5. The van der Waals surface area contributed by atoms with Gasteiger partial charge in [-0.3, -0.25) is 19.6 Å². The van der Waals surface area contributed by atoms with Gasteiger partial charge in [-0.2, -0.15) is 5.10 Å². The van der Waals surface area contributed by atoms with Crippen molar-refractivity contribution in [2.24, 2.45) is 0 Å². The molecule has 0 bridgehead atoms. The highest BCUT2D eigenvalue weighted by atomic mass is 19.1. The molecule has 0 unspecified atom stereocenters. The van der Waals surface area contributed by atoms with Crippen LogP contribution in [0, 0.1) is 5.82 Å². The summed E-state index contributed by atoms with van der Waals surface area (Å²) in [5.74, 6) is -0.262. The van der Waals surface area contributed by atoms with Crippen molar-refractivity contribution in [3.63, 3.8) is 0 Å². The molecule has 0 aliphatic rings. The zero-order chi connectivity index (χ0) is 17.1. The molecule has 0 fully saturated rings. The molecule has 1 aromatic carbocycles. The van der Waals surface area contributed by atoms with Gasteiger partial charge in [-0.1, -0.05) is 24.3 Å². The molecule has 0 saturated heterocycles. The highest BCUT2D eigenvalue weighted by Crippen LogP contribution is 2.24. The lowest BCUT2D eigenvalue weighted by molar-refractivity contribution is 0.587. The van der Waals surface area contributed by atoms with Gasteiger partial charge < -0.3 is 0 Å². The van der Waals surface area contributed by atoms with Crippen LogP contribution in [-0.2, 0) is 6.54 Å². The molecule has 0 aliphatic heterocycles. The summed E-state index contributed by atoms with van der Waals surface area (Å²) < 4.78 is 15.8. The highest BCUT2D eigenvalue weighted by Gasteiger charge is 2.14. The Bertz CT molecular complexity index is 983. The van der Waals surface area contributed by atoms with Crippen molar-refractivity contribution < 1.29 is 4.39 Å². The molecule has 4 rings (SSSR count). The second kappa shape index (κ2) is 6.60. The Labute approximate surface area is 143 Å². The lowest BCUT2D eigenvalue weighted by Crippen LogP contribution is -2.06. The van der Waals surface area contributed by atoms with E-state index in [9.17, 15) is 4.39 Å². The minimum atomic E-state index is -0.262. The van der Waals surface area contributed by atoms with Gasteiger partial charge in [-0.05, 0) is 24.3 Å². The summed E-state index contributed by atoms with van der Waals surface area (Å²) in [6.45, 7) is 0.297. The Morgan fingerprint density at radius 1 is 0.840 bits per heavy atom. The summed E-state index contributed by atoms with van der Waals surface area (Å²) in [6, 6.07) is 14.2. The lowest BCUT2D eigenvalue weighted by Gasteiger charge is -2.07. The van der Waals surface area contributed by atoms with Crippen LogP contribution >= 0.6 is 0 Å². The molecule has 122 valence electrons. The van der Waals surface area contributed by atoms with Gasteiger partial charge in [0.25, 0.3) is 0 Å². The molecule has 0 N–H and O–H groups in total. The highest BCUT2D eigenvalue weighted by molar-refractivity contribution is 5.64. The molecule has 3 aromatic heterocycles. The molecule has 25 heavy (non-hydrogen) atoms. The van der Waals surface area contributed by atoms with Crippen LogP contribution in [-0.4, -0.2) is 24.7 Å². The van der Waals surface area contributed by atoms with E-state index >= 15 is 0 Å². The predicted octanol–water partition coefficient (Wildman–Crippen LogP) is 3.59. The number of benzene rings is 1. The maximum atomic E-state index is 14.1. The number of hydrogen-bond donors (Lipinski definition) is 0. The lowest BCUT2D eigenvalue weighted by atomic mass is 10.2. The van der Waals surface area contributed by atoms with Crippen LogP contribution in [0.5, 0.6) is 0 Å². The van der Waals surface area contributed by atoms with Gasteiger partial charge >= 0.3 is 0 Å². The summed E-state index contributed by atoms with van der Waals surface area (Å²) in [6.07, 6.45) is 6.61. The molecule has 0 atom stereocenters. The van der Waals surface area contributed by atoms with Crippen LogP contribution in [0.15, 0.2) is 73.3 Å². The Hall–Kier alpha value is -3.41. The maximum Gasteiger partial charge on any atom is 0.128 e. The first kappa shape index (κ1) is 15.1. The first-order valence-electron chi connectivity index (χ1n) is 7.80. The van der Waals surface area contributed by atoms with Gasteiger partial charge in [-0.25, -0.2) is 4.39 Å². The van der Waals surface area contributed by atoms with E-state index in [0.717, 1.165) is 11.4 Å². The average Bonchev–Trinajstić information content (AvgIpc) is 3.09. The van der Waals surface area contributed by atoms with Crippen LogP contribution in [0.3, 0.4) is 0 Å². The Morgan fingerprint density at radius 3 is 2.44 bits per heavy atom. The van der Waals surface area contributed by atoms with Crippen molar-refractivity contribution in [2.45, 2.75) is 6.54 Å². The summed E-state index contributed by atoms with van der Waals surface area (Å²) in [4.78, 5) is 12.8. The molecular formula is C19H14FN5. The molecule has 6 heteroatoms. The number of pyridine rings is 1. The quantitative estimate of drug-likeness (QED) is 0.573. The smallest absolute Gasteiger partial charge is 0.128 e. The Morgan fingerprint density at radius 2 is 1.68 bits per heavy atom. The molecule has 4 aromatic rings. The maximum absolute atomic E-state index is 14.1. The van der Waals surface area contributed by atoms with Crippen molar-refractivity contribution in [2.75, 3.05) is 0 Å². The monoisotopic (exact) mass is 331 g/mol. The van der Waals surface area contributed by atoms with Gasteiger partial charge in [0.15, 0.2) is 0 Å². The molecule has 0 amide bonds. The first-order chi connectivity index (χ1) is 12.3. The first-order valence-corrected chi connectivity index (χ1v) is 7.80. The van der Waals surface area contributed by atoms with Crippen molar-refractivity contribution in [3.05, 3.63) is 84.7 Å². The molecular weight excluding hydrogens is 317 g/mol. The minimum Gasteiger partial charge on any atom is -0.261 e. The van der Waals surface area contributed by atoms with Gasteiger partial charge in [0.05, 0.1) is 24.1 Å². The summed E-state index contributed by atoms with van der Waals surface area (Å²) in [5.41, 5.74) is 3.45. The fraction of sp³-hybridized carbons (Fsp3) is 0.0526. The molecule has 5 nitrogen and oxygen atoms in total. The van der Waals surface area contributed by atoms with E-state index in [4.69, 9.17) is 0 Å². The Balaban J connectivity index is 1.81. The Kier molecular flexibility index (Phi) is 4.00. The molecule has 0 spiro atoms. The molecule has 0 aliphatic carbocycles. The van der Waals surface area contributed by atoms with Gasteiger partial charge in [0.1, 0.15) is 17.2 Å². The van der Waals surface area contributed by atoms with Crippen LogP contribution in [0.2, 0.25) is 0 Å². The van der Waals surface area contributed by atoms with E-state index in [1.807, 2.05) is 30.3 Å². The van der Waals surface area contributed by atoms with Crippen LogP contribution < -0.4 is 0 Å². The predicted molar refractivity (Wildman–Crippen MR) is 92.0 cm³/mol. The summed E-state index contributed by atoms with van der Waals surface area (Å²) in [7, 11) is 0. The van der Waals surface area contributed by atoms with Crippen LogP contribution in [0.25, 0.3) is 22.8 Å². The number of aromatic nitrogens is 5.